The second-order valence-corrected chi connectivity index (χ2v) is 9.89. The number of halogens is 5. The second-order valence-electron chi connectivity index (χ2n) is 8.63. The molecule has 1 aromatic carbocycles. The van der Waals surface area contributed by atoms with Crippen LogP contribution < -0.4 is 14.7 Å². The van der Waals surface area contributed by atoms with E-state index in [-0.39, 0.29) is 16.9 Å². The van der Waals surface area contributed by atoms with Gasteiger partial charge in [-0.25, -0.2) is 14.4 Å². The van der Waals surface area contributed by atoms with E-state index < -0.39 is 16.9 Å². The molecular formula is C23H23ClF4N6OS. The fraction of sp³-hybridized carbons (Fsp3) is 0.435. The Kier molecular flexibility index (Phi) is 6.92. The van der Waals surface area contributed by atoms with Crippen molar-refractivity contribution in [2.45, 2.75) is 19.1 Å². The van der Waals surface area contributed by atoms with Gasteiger partial charge in [-0.05, 0) is 25.1 Å². The monoisotopic (exact) mass is 542 g/mol. The quantitative estimate of drug-likeness (QED) is 0.432. The molecule has 0 spiro atoms. The van der Waals surface area contributed by atoms with Crippen molar-refractivity contribution in [3.05, 3.63) is 45.5 Å². The van der Waals surface area contributed by atoms with Crippen molar-refractivity contribution in [3.8, 4) is 11.3 Å². The third kappa shape index (κ3) is 5.07. The summed E-state index contributed by atoms with van der Waals surface area (Å²) in [6.07, 6.45) is -4.44. The summed E-state index contributed by atoms with van der Waals surface area (Å²) in [6, 6.07) is 6.08. The van der Waals surface area contributed by atoms with Crippen LogP contribution in [0.3, 0.4) is 0 Å². The third-order valence-corrected chi connectivity index (χ3v) is 7.39. The number of morpholine rings is 1. The maximum atomic E-state index is 13.8. The van der Waals surface area contributed by atoms with Crippen LogP contribution in [0.4, 0.5) is 35.1 Å². The number of nitrogens with zero attached hydrogens (tertiary/aromatic N) is 6. The SMILES string of the molecule is CC1CN(c2ncsc2C(F)(F)F)CCN1c1cc(-c2ccc(F)c(Cl)c2)nc(N2CCOCC2)n1. The molecule has 13 heteroatoms. The lowest BCUT2D eigenvalue weighted by Crippen LogP contribution is -2.53. The standard InChI is InChI=1S/C23H23ClF4N6OS/c1-14-12-33(21-20(23(26,27)28)36-13-29-21)4-5-34(14)19-11-18(15-2-3-17(25)16(24)10-15)30-22(31-19)32-6-8-35-9-7-32/h2-3,10-11,13-14H,4-9,12H2,1H3. The molecule has 0 saturated carbocycles. The lowest BCUT2D eigenvalue weighted by molar-refractivity contribution is -0.134. The first-order valence-corrected chi connectivity index (χ1v) is 12.7. The molecule has 2 aromatic heterocycles. The highest BCUT2D eigenvalue weighted by Crippen LogP contribution is 2.40. The van der Waals surface area contributed by atoms with Gasteiger partial charge in [0.05, 0.1) is 29.4 Å². The highest BCUT2D eigenvalue weighted by atomic mass is 35.5. The summed E-state index contributed by atoms with van der Waals surface area (Å²) in [5.74, 6) is 0.605. The summed E-state index contributed by atoms with van der Waals surface area (Å²) in [7, 11) is 0. The number of aromatic nitrogens is 3. The summed E-state index contributed by atoms with van der Waals surface area (Å²) in [5, 5.41) is -0.00806. The fourth-order valence-electron chi connectivity index (χ4n) is 4.43. The summed E-state index contributed by atoms with van der Waals surface area (Å²) in [6.45, 7) is 5.44. The first-order chi connectivity index (χ1) is 17.2. The molecule has 7 nitrogen and oxygen atoms in total. The van der Waals surface area contributed by atoms with Crippen LogP contribution in [0.5, 0.6) is 0 Å². The average Bonchev–Trinajstić information content (AvgIpc) is 3.37. The van der Waals surface area contributed by atoms with Crippen LogP contribution >= 0.6 is 22.9 Å². The van der Waals surface area contributed by atoms with Gasteiger partial charge in [-0.1, -0.05) is 11.6 Å². The molecule has 36 heavy (non-hydrogen) atoms. The highest BCUT2D eigenvalue weighted by molar-refractivity contribution is 7.10. The lowest BCUT2D eigenvalue weighted by atomic mass is 10.1. The normalized spacial score (nSPS) is 19.2. The summed E-state index contributed by atoms with van der Waals surface area (Å²) in [5.41, 5.74) is 2.45. The Morgan fingerprint density at radius 1 is 1.06 bits per heavy atom. The van der Waals surface area contributed by atoms with E-state index in [2.05, 4.69) is 9.88 Å². The van der Waals surface area contributed by atoms with E-state index in [1.807, 2.05) is 17.9 Å². The molecule has 4 heterocycles. The number of benzene rings is 1. The molecule has 0 N–H and O–H groups in total. The van der Waals surface area contributed by atoms with Gasteiger partial charge in [0.25, 0.3) is 0 Å². The molecule has 192 valence electrons. The maximum Gasteiger partial charge on any atom is 0.429 e. The number of anilines is 3. The molecule has 0 radical (unpaired) electrons. The van der Waals surface area contributed by atoms with Crippen LogP contribution in [0, 0.1) is 5.82 Å². The zero-order valence-electron chi connectivity index (χ0n) is 19.3. The van der Waals surface area contributed by atoms with Crippen LogP contribution in [-0.4, -0.2) is 66.9 Å². The first kappa shape index (κ1) is 25.0. The molecule has 0 bridgehead atoms. The molecule has 5 rings (SSSR count). The smallest absolute Gasteiger partial charge is 0.378 e. The van der Waals surface area contributed by atoms with Crippen LogP contribution in [0.1, 0.15) is 11.8 Å². The molecule has 0 aliphatic carbocycles. The number of alkyl halides is 3. The number of hydrogen-bond acceptors (Lipinski definition) is 8. The summed E-state index contributed by atoms with van der Waals surface area (Å²) >= 11 is 6.63. The molecule has 2 aliphatic rings. The van der Waals surface area contributed by atoms with Gasteiger partial charge in [0.1, 0.15) is 11.6 Å². The number of piperazine rings is 1. The first-order valence-electron chi connectivity index (χ1n) is 11.4. The minimum atomic E-state index is -4.44. The molecule has 1 atom stereocenters. The van der Waals surface area contributed by atoms with Crippen LogP contribution in [0.2, 0.25) is 5.02 Å². The predicted molar refractivity (Wildman–Crippen MR) is 132 cm³/mol. The highest BCUT2D eigenvalue weighted by Gasteiger charge is 2.39. The van der Waals surface area contributed by atoms with Crippen molar-refractivity contribution in [1.29, 1.82) is 0 Å². The van der Waals surface area contributed by atoms with Crippen molar-refractivity contribution in [2.24, 2.45) is 0 Å². The van der Waals surface area contributed by atoms with Gasteiger partial charge in [-0.3, -0.25) is 0 Å². The van der Waals surface area contributed by atoms with E-state index in [1.54, 1.807) is 11.0 Å². The summed E-state index contributed by atoms with van der Waals surface area (Å²) in [4.78, 5) is 18.6. The molecule has 2 fully saturated rings. The zero-order chi connectivity index (χ0) is 25.4. The fourth-order valence-corrected chi connectivity index (χ4v) is 5.29. The number of ether oxygens (including phenoxy) is 1. The van der Waals surface area contributed by atoms with Gasteiger partial charge in [0.15, 0.2) is 10.7 Å². The molecule has 0 amide bonds. The Balaban J connectivity index is 1.46. The Hall–Kier alpha value is -2.70. The van der Waals surface area contributed by atoms with E-state index in [0.717, 1.165) is 0 Å². The molecular weight excluding hydrogens is 520 g/mol. The number of hydrogen-bond donors (Lipinski definition) is 0. The van der Waals surface area contributed by atoms with E-state index in [9.17, 15) is 17.6 Å². The van der Waals surface area contributed by atoms with E-state index in [0.29, 0.717) is 80.3 Å². The van der Waals surface area contributed by atoms with E-state index >= 15 is 0 Å². The van der Waals surface area contributed by atoms with Crippen LogP contribution in [0.25, 0.3) is 11.3 Å². The van der Waals surface area contributed by atoms with Crippen molar-refractivity contribution in [3.63, 3.8) is 0 Å². The van der Waals surface area contributed by atoms with Crippen LogP contribution in [-0.2, 0) is 10.9 Å². The predicted octanol–water partition coefficient (Wildman–Crippen LogP) is 4.96. The Morgan fingerprint density at radius 3 is 2.53 bits per heavy atom. The summed E-state index contributed by atoms with van der Waals surface area (Å²) < 4.78 is 59.5. The lowest BCUT2D eigenvalue weighted by Gasteiger charge is -2.41. The van der Waals surface area contributed by atoms with Crippen molar-refractivity contribution in [2.75, 3.05) is 60.6 Å². The average molecular weight is 543 g/mol. The second kappa shape index (κ2) is 9.98. The largest absolute Gasteiger partial charge is 0.429 e. The van der Waals surface area contributed by atoms with Crippen LogP contribution in [0.15, 0.2) is 29.8 Å². The minimum absolute atomic E-state index is 0.00806. The molecule has 2 aliphatic heterocycles. The Morgan fingerprint density at radius 2 is 1.83 bits per heavy atom. The van der Waals surface area contributed by atoms with Gasteiger partial charge in [0, 0.05) is 50.4 Å². The van der Waals surface area contributed by atoms with Gasteiger partial charge < -0.3 is 19.4 Å². The van der Waals surface area contributed by atoms with E-state index in [1.165, 1.54) is 17.6 Å². The van der Waals surface area contributed by atoms with Gasteiger partial charge in [0.2, 0.25) is 5.95 Å². The topological polar surface area (TPSA) is 57.6 Å². The third-order valence-electron chi connectivity index (χ3n) is 6.24. The molecule has 2 saturated heterocycles. The number of thiazole rings is 1. The van der Waals surface area contributed by atoms with Crippen molar-refractivity contribution >= 4 is 40.5 Å². The molecule has 1 unspecified atom stereocenters. The van der Waals surface area contributed by atoms with Gasteiger partial charge in [-0.2, -0.15) is 18.2 Å². The van der Waals surface area contributed by atoms with Crippen molar-refractivity contribution < 1.29 is 22.3 Å². The zero-order valence-corrected chi connectivity index (χ0v) is 20.9. The minimum Gasteiger partial charge on any atom is -0.378 e. The number of rotatable bonds is 4. The van der Waals surface area contributed by atoms with Crippen molar-refractivity contribution in [1.82, 2.24) is 15.0 Å². The van der Waals surface area contributed by atoms with E-state index in [4.69, 9.17) is 26.3 Å². The van der Waals surface area contributed by atoms with Gasteiger partial charge in [-0.15, -0.1) is 11.3 Å². The molecule has 3 aromatic rings. The Bertz CT molecular complexity index is 1240. The maximum absolute atomic E-state index is 13.8. The Labute approximate surface area is 214 Å². The van der Waals surface area contributed by atoms with Gasteiger partial charge >= 0.3 is 6.18 Å².